The van der Waals surface area contributed by atoms with E-state index in [1.807, 2.05) is 37.3 Å². The summed E-state index contributed by atoms with van der Waals surface area (Å²) in [7, 11) is 1.65. The molecule has 0 atom stereocenters. The molecule has 0 aliphatic carbocycles. The zero-order valence-electron chi connectivity index (χ0n) is 14.6. The second-order valence-corrected chi connectivity index (χ2v) is 5.31. The summed E-state index contributed by atoms with van der Waals surface area (Å²) >= 11 is 0. The van der Waals surface area contributed by atoms with E-state index >= 15 is 0 Å². The van der Waals surface area contributed by atoms with Crippen LogP contribution in [0.15, 0.2) is 53.5 Å². The number of aliphatic imine (C=N–C) groups is 1. The van der Waals surface area contributed by atoms with Crippen LogP contribution in [0.4, 0.5) is 4.39 Å². The van der Waals surface area contributed by atoms with Gasteiger partial charge in [0, 0.05) is 13.1 Å². The zero-order chi connectivity index (χ0) is 17.2. The Balaban J connectivity index is 0.00000312. The second-order valence-electron chi connectivity index (χ2n) is 5.31. The topological polar surface area (TPSA) is 45.7 Å². The van der Waals surface area contributed by atoms with Gasteiger partial charge in [0.05, 0.1) is 13.7 Å². The van der Waals surface area contributed by atoms with Crippen molar-refractivity contribution in [3.05, 3.63) is 65.5 Å². The number of methoxy groups -OCH3 is 1. The Bertz CT molecular complexity index is 679. The molecule has 0 heterocycles. The predicted molar refractivity (Wildman–Crippen MR) is 111 cm³/mol. The summed E-state index contributed by atoms with van der Waals surface area (Å²) in [5.41, 5.74) is 1.77. The molecular formula is C19H25FIN3O. The van der Waals surface area contributed by atoms with Gasteiger partial charge in [0.1, 0.15) is 11.6 Å². The lowest BCUT2D eigenvalue weighted by Crippen LogP contribution is -2.38. The van der Waals surface area contributed by atoms with E-state index in [2.05, 4.69) is 15.6 Å². The van der Waals surface area contributed by atoms with Crippen LogP contribution >= 0.6 is 24.0 Å². The van der Waals surface area contributed by atoms with Crippen LogP contribution in [0, 0.1) is 5.82 Å². The Morgan fingerprint density at radius 3 is 2.64 bits per heavy atom. The highest BCUT2D eigenvalue weighted by atomic mass is 127. The lowest BCUT2D eigenvalue weighted by Gasteiger charge is -2.12. The predicted octanol–water partition coefficient (Wildman–Crippen LogP) is 3.75. The molecule has 0 aliphatic rings. The third-order valence-corrected chi connectivity index (χ3v) is 3.54. The summed E-state index contributed by atoms with van der Waals surface area (Å²) in [6.45, 7) is 3.94. The smallest absolute Gasteiger partial charge is 0.191 e. The number of nitrogens with zero attached hydrogens (tertiary/aromatic N) is 1. The number of ether oxygens (including phenoxy) is 1. The molecule has 2 rings (SSSR count). The molecule has 4 nitrogen and oxygen atoms in total. The van der Waals surface area contributed by atoms with Gasteiger partial charge >= 0.3 is 0 Å². The molecule has 0 amide bonds. The van der Waals surface area contributed by atoms with Crippen molar-refractivity contribution in [1.82, 2.24) is 10.6 Å². The van der Waals surface area contributed by atoms with E-state index in [0.717, 1.165) is 23.8 Å². The first-order chi connectivity index (χ1) is 11.7. The molecule has 0 saturated heterocycles. The minimum atomic E-state index is -0.169. The number of rotatable bonds is 7. The van der Waals surface area contributed by atoms with Crippen LogP contribution in [0.1, 0.15) is 18.1 Å². The lowest BCUT2D eigenvalue weighted by atomic mass is 10.1. The van der Waals surface area contributed by atoms with Crippen LogP contribution in [0.25, 0.3) is 0 Å². The maximum Gasteiger partial charge on any atom is 0.191 e. The maximum atomic E-state index is 13.6. The van der Waals surface area contributed by atoms with Crippen molar-refractivity contribution in [3.63, 3.8) is 0 Å². The zero-order valence-corrected chi connectivity index (χ0v) is 16.9. The summed E-state index contributed by atoms with van der Waals surface area (Å²) in [5, 5.41) is 6.43. The van der Waals surface area contributed by atoms with Gasteiger partial charge < -0.3 is 15.4 Å². The van der Waals surface area contributed by atoms with Gasteiger partial charge in [-0.2, -0.15) is 0 Å². The molecule has 0 radical (unpaired) electrons. The van der Waals surface area contributed by atoms with Crippen molar-refractivity contribution in [3.8, 4) is 5.75 Å². The first-order valence-electron chi connectivity index (χ1n) is 8.11. The standard InChI is InChI=1S/C19H24FN3O.HI/c1-3-21-19(22-12-11-16-8-4-5-10-18(16)20)23-14-15-7-6-9-17(13-15)24-2;/h4-10,13H,3,11-12,14H2,1-2H3,(H2,21,22,23);1H. The van der Waals surface area contributed by atoms with Gasteiger partial charge in [0.15, 0.2) is 5.96 Å². The summed E-state index contributed by atoms with van der Waals surface area (Å²) in [4.78, 5) is 4.56. The SMILES string of the molecule is CCNC(=NCc1cccc(OC)c1)NCCc1ccccc1F.I. The molecule has 0 spiro atoms. The van der Waals surface area contributed by atoms with Gasteiger partial charge in [-0.15, -0.1) is 24.0 Å². The van der Waals surface area contributed by atoms with Crippen molar-refractivity contribution in [2.24, 2.45) is 4.99 Å². The Kier molecular flexibility index (Phi) is 9.91. The van der Waals surface area contributed by atoms with Gasteiger partial charge in [0.25, 0.3) is 0 Å². The Morgan fingerprint density at radius 1 is 1.12 bits per heavy atom. The first kappa shape index (κ1) is 21.2. The average molecular weight is 457 g/mol. The van der Waals surface area contributed by atoms with E-state index in [0.29, 0.717) is 25.1 Å². The van der Waals surface area contributed by atoms with Crippen molar-refractivity contribution in [1.29, 1.82) is 0 Å². The van der Waals surface area contributed by atoms with E-state index in [1.165, 1.54) is 6.07 Å². The number of hydrogen-bond acceptors (Lipinski definition) is 2. The second kappa shape index (κ2) is 11.7. The summed E-state index contributed by atoms with van der Waals surface area (Å²) < 4.78 is 18.8. The molecule has 136 valence electrons. The van der Waals surface area contributed by atoms with Crippen LogP contribution in [0.2, 0.25) is 0 Å². The van der Waals surface area contributed by atoms with Crippen molar-refractivity contribution < 1.29 is 9.13 Å². The fourth-order valence-electron chi connectivity index (χ4n) is 2.30. The van der Waals surface area contributed by atoms with Crippen LogP contribution in [0.3, 0.4) is 0 Å². The number of benzene rings is 2. The summed E-state index contributed by atoms with van der Waals surface area (Å²) in [6.07, 6.45) is 0.607. The van der Waals surface area contributed by atoms with Crippen LogP contribution < -0.4 is 15.4 Å². The minimum Gasteiger partial charge on any atom is -0.497 e. The molecule has 2 aromatic rings. The third kappa shape index (κ3) is 7.29. The minimum absolute atomic E-state index is 0. The molecule has 2 aromatic carbocycles. The molecule has 0 aliphatic heterocycles. The van der Waals surface area contributed by atoms with Crippen molar-refractivity contribution >= 4 is 29.9 Å². The average Bonchev–Trinajstić information content (AvgIpc) is 2.61. The van der Waals surface area contributed by atoms with E-state index in [4.69, 9.17) is 4.74 Å². The molecule has 2 N–H and O–H groups in total. The number of halogens is 2. The molecule has 0 fully saturated rings. The molecule has 0 unspecified atom stereocenters. The van der Waals surface area contributed by atoms with Gasteiger partial charge in [-0.05, 0) is 42.7 Å². The van der Waals surface area contributed by atoms with Gasteiger partial charge in [-0.3, -0.25) is 0 Å². The number of nitrogens with one attached hydrogen (secondary N) is 2. The molecule has 6 heteroatoms. The van der Waals surface area contributed by atoms with Gasteiger partial charge in [-0.1, -0.05) is 30.3 Å². The number of guanidine groups is 1. The largest absolute Gasteiger partial charge is 0.497 e. The molecule has 0 bridgehead atoms. The first-order valence-corrected chi connectivity index (χ1v) is 8.11. The summed E-state index contributed by atoms with van der Waals surface area (Å²) in [6, 6.07) is 14.7. The fraction of sp³-hybridized carbons (Fsp3) is 0.316. The molecule has 25 heavy (non-hydrogen) atoms. The Labute approximate surface area is 165 Å². The third-order valence-electron chi connectivity index (χ3n) is 3.54. The fourth-order valence-corrected chi connectivity index (χ4v) is 2.30. The molecule has 0 aromatic heterocycles. The van der Waals surface area contributed by atoms with Gasteiger partial charge in [-0.25, -0.2) is 9.38 Å². The monoisotopic (exact) mass is 457 g/mol. The maximum absolute atomic E-state index is 13.6. The summed E-state index contributed by atoms with van der Waals surface area (Å²) in [5.74, 6) is 1.37. The van der Waals surface area contributed by atoms with Crippen LogP contribution in [0.5, 0.6) is 5.75 Å². The Morgan fingerprint density at radius 2 is 1.92 bits per heavy atom. The normalized spacial score (nSPS) is 10.8. The van der Waals surface area contributed by atoms with Crippen LogP contribution in [-0.4, -0.2) is 26.2 Å². The Hall–Kier alpha value is -1.83. The van der Waals surface area contributed by atoms with E-state index in [-0.39, 0.29) is 29.8 Å². The van der Waals surface area contributed by atoms with Gasteiger partial charge in [0.2, 0.25) is 0 Å². The molecular weight excluding hydrogens is 432 g/mol. The lowest BCUT2D eigenvalue weighted by molar-refractivity contribution is 0.414. The highest BCUT2D eigenvalue weighted by Crippen LogP contribution is 2.13. The van der Waals surface area contributed by atoms with Crippen molar-refractivity contribution in [2.45, 2.75) is 19.9 Å². The van der Waals surface area contributed by atoms with Crippen LogP contribution in [-0.2, 0) is 13.0 Å². The van der Waals surface area contributed by atoms with E-state index in [9.17, 15) is 4.39 Å². The van der Waals surface area contributed by atoms with E-state index < -0.39 is 0 Å². The highest BCUT2D eigenvalue weighted by molar-refractivity contribution is 14.0. The van der Waals surface area contributed by atoms with Crippen molar-refractivity contribution in [2.75, 3.05) is 20.2 Å². The quantitative estimate of drug-likeness (QED) is 0.378. The molecule has 0 saturated carbocycles. The number of hydrogen-bond donors (Lipinski definition) is 2. The highest BCUT2D eigenvalue weighted by Gasteiger charge is 2.02. The van der Waals surface area contributed by atoms with E-state index in [1.54, 1.807) is 19.2 Å².